The number of carbonyl (C=O) groups is 1. The summed E-state index contributed by atoms with van der Waals surface area (Å²) in [5, 5.41) is 1.21. The SMILES string of the molecule is COc1cc(C(=O)N2CCC[C@@H](N)C(C)C2)cc2nc(-c3cc4cccc5c4n3CCN5C)n(C)c12. The molecule has 8 heteroatoms. The van der Waals surface area contributed by atoms with Crippen molar-refractivity contribution >= 4 is 33.5 Å². The number of aryl methyl sites for hydroxylation is 1. The quantitative estimate of drug-likeness (QED) is 0.476. The van der Waals surface area contributed by atoms with Gasteiger partial charge in [0.15, 0.2) is 5.82 Å². The van der Waals surface area contributed by atoms with E-state index in [-0.39, 0.29) is 17.9 Å². The van der Waals surface area contributed by atoms with Crippen molar-refractivity contribution in [3.05, 3.63) is 42.0 Å². The summed E-state index contributed by atoms with van der Waals surface area (Å²) in [4.78, 5) is 22.9. The second-order valence-corrected chi connectivity index (χ2v) is 10.4. The number of nitrogens with zero attached hydrogens (tertiary/aromatic N) is 5. The Morgan fingerprint density at radius 3 is 2.75 bits per heavy atom. The Hall–Kier alpha value is -3.52. The molecule has 1 amide bonds. The van der Waals surface area contributed by atoms with Gasteiger partial charge < -0.3 is 29.4 Å². The highest BCUT2D eigenvalue weighted by molar-refractivity contribution is 6.01. The van der Waals surface area contributed by atoms with Gasteiger partial charge in [-0.15, -0.1) is 0 Å². The number of methoxy groups -OCH3 is 1. The second-order valence-electron chi connectivity index (χ2n) is 10.4. The van der Waals surface area contributed by atoms with E-state index in [0.717, 1.165) is 55.0 Å². The third-order valence-electron chi connectivity index (χ3n) is 8.09. The number of amides is 1. The number of benzene rings is 2. The molecule has 1 saturated heterocycles. The van der Waals surface area contributed by atoms with Gasteiger partial charge in [0, 0.05) is 57.3 Å². The van der Waals surface area contributed by atoms with Crippen LogP contribution in [-0.4, -0.2) is 64.8 Å². The predicted octanol–water partition coefficient (Wildman–Crippen LogP) is 3.85. The van der Waals surface area contributed by atoms with E-state index in [4.69, 9.17) is 15.5 Å². The number of imidazole rings is 1. The number of ether oxygens (including phenoxy) is 1. The number of carbonyl (C=O) groups excluding carboxylic acids is 1. The third-order valence-corrected chi connectivity index (χ3v) is 8.09. The van der Waals surface area contributed by atoms with E-state index >= 15 is 0 Å². The maximum absolute atomic E-state index is 13.6. The molecule has 1 unspecified atom stereocenters. The van der Waals surface area contributed by atoms with Crippen LogP contribution in [0, 0.1) is 5.92 Å². The van der Waals surface area contributed by atoms with Gasteiger partial charge in [-0.25, -0.2) is 4.98 Å². The van der Waals surface area contributed by atoms with Gasteiger partial charge in [-0.2, -0.15) is 0 Å². The first kappa shape index (κ1) is 22.9. The lowest BCUT2D eigenvalue weighted by Gasteiger charge is -2.27. The fourth-order valence-corrected chi connectivity index (χ4v) is 5.96. The Morgan fingerprint density at radius 1 is 1.11 bits per heavy atom. The molecule has 2 atom stereocenters. The minimum absolute atomic E-state index is 0.0135. The highest BCUT2D eigenvalue weighted by Crippen LogP contribution is 2.38. The molecule has 2 aromatic heterocycles. The first-order chi connectivity index (χ1) is 17.4. The number of hydrogen-bond acceptors (Lipinski definition) is 5. The molecule has 6 rings (SSSR count). The Morgan fingerprint density at radius 2 is 1.94 bits per heavy atom. The molecule has 8 nitrogen and oxygen atoms in total. The predicted molar refractivity (Wildman–Crippen MR) is 144 cm³/mol. The van der Waals surface area contributed by atoms with Crippen LogP contribution >= 0.6 is 0 Å². The van der Waals surface area contributed by atoms with Crippen LogP contribution in [0.2, 0.25) is 0 Å². The number of likely N-dealkylation sites (tertiary alicyclic amines) is 1. The number of rotatable bonds is 3. The zero-order valence-corrected chi connectivity index (χ0v) is 21.5. The van der Waals surface area contributed by atoms with Crippen molar-refractivity contribution in [1.82, 2.24) is 19.0 Å². The first-order valence-electron chi connectivity index (χ1n) is 12.8. The monoisotopic (exact) mass is 486 g/mol. The minimum atomic E-state index is 0.0135. The van der Waals surface area contributed by atoms with Gasteiger partial charge in [0.05, 0.1) is 29.5 Å². The van der Waals surface area contributed by atoms with Crippen LogP contribution in [0.15, 0.2) is 36.4 Å². The van der Waals surface area contributed by atoms with Crippen LogP contribution in [0.5, 0.6) is 5.75 Å². The van der Waals surface area contributed by atoms with Gasteiger partial charge in [-0.1, -0.05) is 19.1 Å². The van der Waals surface area contributed by atoms with Crippen LogP contribution in [-0.2, 0) is 13.6 Å². The van der Waals surface area contributed by atoms with Crippen molar-refractivity contribution in [2.75, 3.05) is 38.7 Å². The molecule has 2 aromatic carbocycles. The van der Waals surface area contributed by atoms with Gasteiger partial charge in [0.2, 0.25) is 0 Å². The molecule has 0 bridgehead atoms. The van der Waals surface area contributed by atoms with E-state index in [2.05, 4.69) is 52.3 Å². The molecule has 188 valence electrons. The van der Waals surface area contributed by atoms with E-state index in [1.54, 1.807) is 7.11 Å². The van der Waals surface area contributed by atoms with Crippen LogP contribution in [0.4, 0.5) is 5.69 Å². The minimum Gasteiger partial charge on any atom is -0.494 e. The Kier molecular flexibility index (Phi) is 5.44. The smallest absolute Gasteiger partial charge is 0.254 e. The normalized spacial score (nSPS) is 20.2. The Labute approximate surface area is 211 Å². The topological polar surface area (TPSA) is 81.5 Å². The number of hydrogen-bond donors (Lipinski definition) is 1. The average Bonchev–Trinajstić information content (AvgIpc) is 3.36. The number of anilines is 1. The van der Waals surface area contributed by atoms with Crippen LogP contribution < -0.4 is 15.4 Å². The fourth-order valence-electron chi connectivity index (χ4n) is 5.96. The summed E-state index contributed by atoms with van der Waals surface area (Å²) in [6.45, 7) is 5.36. The van der Waals surface area contributed by atoms with Crippen LogP contribution in [0.25, 0.3) is 33.5 Å². The molecule has 0 saturated carbocycles. The van der Waals surface area contributed by atoms with Crippen molar-refractivity contribution in [2.24, 2.45) is 18.7 Å². The standard InChI is InChI=1S/C28H34N6O2/c1-17-16-33(10-6-8-20(17)29)28(35)19-13-21-26(24(15-19)36-4)32(3)27(30-21)23-14-18-7-5-9-22-25(18)34(23)12-11-31(22)2/h5,7,9,13-15,17,20H,6,8,10-12,16,29H2,1-4H3/t17?,20-/m1/s1. The molecule has 1 fully saturated rings. The summed E-state index contributed by atoms with van der Waals surface area (Å²) in [7, 11) is 5.82. The van der Waals surface area contributed by atoms with Crippen LogP contribution in [0.3, 0.4) is 0 Å². The second kappa shape index (κ2) is 8.55. The lowest BCUT2D eigenvalue weighted by molar-refractivity contribution is 0.0743. The molecule has 0 radical (unpaired) electrons. The molecule has 0 aliphatic carbocycles. The summed E-state index contributed by atoms with van der Waals surface area (Å²) in [6, 6.07) is 12.6. The van der Waals surface area contributed by atoms with E-state index in [1.807, 2.05) is 24.1 Å². The molecule has 2 aliphatic rings. The maximum Gasteiger partial charge on any atom is 0.254 e. The lowest BCUT2D eigenvalue weighted by Crippen LogP contribution is -2.37. The van der Waals surface area contributed by atoms with Gasteiger partial charge in [-0.05, 0) is 43.0 Å². The summed E-state index contributed by atoms with van der Waals surface area (Å²) in [6.07, 6.45) is 1.87. The molecule has 2 N–H and O–H groups in total. The molecule has 2 aliphatic heterocycles. The zero-order valence-electron chi connectivity index (χ0n) is 21.5. The van der Waals surface area contributed by atoms with Gasteiger partial charge in [0.1, 0.15) is 11.3 Å². The molecular formula is C28H34N6O2. The Balaban J connectivity index is 1.46. The number of nitrogens with two attached hydrogens (primary N) is 1. The van der Waals surface area contributed by atoms with Crippen molar-refractivity contribution in [2.45, 2.75) is 32.4 Å². The maximum atomic E-state index is 13.6. The molecule has 0 spiro atoms. The average molecular weight is 487 g/mol. The summed E-state index contributed by atoms with van der Waals surface area (Å²) in [5.41, 5.74) is 12.1. The third kappa shape index (κ3) is 3.46. The fraction of sp³-hybridized carbons (Fsp3) is 0.429. The summed E-state index contributed by atoms with van der Waals surface area (Å²) in [5.74, 6) is 1.81. The molecule has 4 aromatic rings. The van der Waals surface area contributed by atoms with E-state index in [9.17, 15) is 4.79 Å². The van der Waals surface area contributed by atoms with Gasteiger partial charge >= 0.3 is 0 Å². The zero-order chi connectivity index (χ0) is 25.1. The molecule has 36 heavy (non-hydrogen) atoms. The van der Waals surface area contributed by atoms with E-state index in [0.29, 0.717) is 17.9 Å². The van der Waals surface area contributed by atoms with Crippen molar-refractivity contribution in [1.29, 1.82) is 0 Å². The summed E-state index contributed by atoms with van der Waals surface area (Å²) >= 11 is 0. The highest BCUT2D eigenvalue weighted by atomic mass is 16.5. The number of para-hydroxylation sites is 1. The van der Waals surface area contributed by atoms with E-state index < -0.39 is 0 Å². The van der Waals surface area contributed by atoms with Crippen molar-refractivity contribution in [3.63, 3.8) is 0 Å². The number of fused-ring (bicyclic) bond motifs is 1. The number of aromatic nitrogens is 3. The molecular weight excluding hydrogens is 452 g/mol. The van der Waals surface area contributed by atoms with Crippen LogP contribution in [0.1, 0.15) is 30.1 Å². The Bertz CT molecular complexity index is 1480. The lowest BCUT2D eigenvalue weighted by atomic mass is 10.0. The first-order valence-corrected chi connectivity index (χ1v) is 12.8. The highest BCUT2D eigenvalue weighted by Gasteiger charge is 2.28. The summed E-state index contributed by atoms with van der Waals surface area (Å²) < 4.78 is 10.2. The van der Waals surface area contributed by atoms with E-state index in [1.165, 1.54) is 16.6 Å². The van der Waals surface area contributed by atoms with Gasteiger partial charge in [-0.3, -0.25) is 4.79 Å². The molecule has 4 heterocycles. The number of likely N-dealkylation sites (N-methyl/N-ethyl adjacent to an activating group) is 1. The van der Waals surface area contributed by atoms with Crippen molar-refractivity contribution in [3.8, 4) is 17.3 Å². The van der Waals surface area contributed by atoms with Crippen molar-refractivity contribution < 1.29 is 9.53 Å². The van der Waals surface area contributed by atoms with Gasteiger partial charge in [0.25, 0.3) is 5.91 Å². The largest absolute Gasteiger partial charge is 0.494 e.